The summed E-state index contributed by atoms with van der Waals surface area (Å²) < 4.78 is 21.3. The molecule has 0 radical (unpaired) electrons. The molecule has 0 aliphatic rings. The third-order valence-corrected chi connectivity index (χ3v) is 4.79. The second-order valence-electron chi connectivity index (χ2n) is 8.03. The van der Waals surface area contributed by atoms with Gasteiger partial charge in [-0.3, -0.25) is 9.59 Å². The molecule has 0 N–H and O–H groups in total. The Kier molecular flexibility index (Phi) is 7.48. The minimum atomic E-state index is -0.889. The van der Waals surface area contributed by atoms with E-state index in [9.17, 15) is 9.59 Å². The Morgan fingerprint density at radius 3 is 1.87 bits per heavy atom. The minimum absolute atomic E-state index is 0.000137. The van der Waals surface area contributed by atoms with E-state index in [4.69, 9.17) is 18.9 Å². The van der Waals surface area contributed by atoms with Crippen LogP contribution in [0.5, 0.6) is 17.2 Å². The van der Waals surface area contributed by atoms with Crippen molar-refractivity contribution in [3.63, 3.8) is 0 Å². The van der Waals surface area contributed by atoms with Gasteiger partial charge in [0, 0.05) is 5.56 Å². The van der Waals surface area contributed by atoms with Gasteiger partial charge in [-0.15, -0.1) is 0 Å². The lowest BCUT2D eigenvalue weighted by atomic mass is 9.86. The van der Waals surface area contributed by atoms with Crippen molar-refractivity contribution in [3.05, 3.63) is 53.1 Å². The van der Waals surface area contributed by atoms with Crippen molar-refractivity contribution < 1.29 is 28.5 Å². The lowest BCUT2D eigenvalue weighted by Crippen LogP contribution is -2.25. The molecule has 30 heavy (non-hydrogen) atoms. The zero-order valence-corrected chi connectivity index (χ0v) is 18.7. The zero-order valence-electron chi connectivity index (χ0n) is 18.7. The number of ether oxygens (including phenoxy) is 4. The topological polar surface area (TPSA) is 71.1 Å². The first-order valence-electron chi connectivity index (χ1n) is 9.73. The maximum Gasteiger partial charge on any atom is 0.310 e. The molecule has 0 aromatic heterocycles. The summed E-state index contributed by atoms with van der Waals surface area (Å²) in [7, 11) is 4.52. The molecule has 0 saturated carbocycles. The molecule has 2 aromatic carbocycles. The SMILES string of the molecule is COc1cc(CC(=O)O[C@H](C)C(=O)c2ccc(C(C)(C)C)cc2)cc(OC)c1OC. The third-order valence-electron chi connectivity index (χ3n) is 4.79. The Labute approximate surface area is 178 Å². The van der Waals surface area contributed by atoms with E-state index < -0.39 is 12.1 Å². The standard InChI is InChI=1S/C24H30O6/c1-15(22(26)17-8-10-18(11-9-17)24(2,3)4)30-21(25)14-16-12-19(27-5)23(29-7)20(13-16)28-6/h8-13,15H,14H2,1-7H3/t15-/m1/s1. The molecule has 0 aliphatic heterocycles. The van der Waals surface area contributed by atoms with Crippen molar-refractivity contribution in [2.45, 2.75) is 45.6 Å². The minimum Gasteiger partial charge on any atom is -0.493 e. The highest BCUT2D eigenvalue weighted by Gasteiger charge is 2.22. The lowest BCUT2D eigenvalue weighted by Gasteiger charge is -2.19. The van der Waals surface area contributed by atoms with Crippen molar-refractivity contribution in [2.24, 2.45) is 0 Å². The molecule has 2 rings (SSSR count). The van der Waals surface area contributed by atoms with Crippen LogP contribution in [-0.4, -0.2) is 39.2 Å². The van der Waals surface area contributed by atoms with Gasteiger partial charge >= 0.3 is 5.97 Å². The highest BCUT2D eigenvalue weighted by molar-refractivity contribution is 6.00. The molecular weight excluding hydrogens is 384 g/mol. The summed E-state index contributed by atoms with van der Waals surface area (Å²) in [5.41, 5.74) is 2.27. The normalized spacial score (nSPS) is 12.1. The van der Waals surface area contributed by atoms with E-state index in [0.717, 1.165) is 5.56 Å². The first-order chi connectivity index (χ1) is 14.1. The van der Waals surface area contributed by atoms with E-state index in [2.05, 4.69) is 20.8 Å². The summed E-state index contributed by atoms with van der Waals surface area (Å²) in [5, 5.41) is 0. The summed E-state index contributed by atoms with van der Waals surface area (Å²) in [6, 6.07) is 10.8. The first kappa shape index (κ1) is 23.3. The van der Waals surface area contributed by atoms with Crippen LogP contribution >= 0.6 is 0 Å². The molecule has 0 aliphatic carbocycles. The number of hydrogen-bond donors (Lipinski definition) is 0. The van der Waals surface area contributed by atoms with E-state index in [1.165, 1.54) is 21.3 Å². The van der Waals surface area contributed by atoms with Crippen LogP contribution in [0.3, 0.4) is 0 Å². The third kappa shape index (κ3) is 5.53. The summed E-state index contributed by atoms with van der Waals surface area (Å²) >= 11 is 0. The summed E-state index contributed by atoms with van der Waals surface area (Å²) in [5.74, 6) is 0.579. The van der Waals surface area contributed by atoms with E-state index >= 15 is 0 Å². The fourth-order valence-corrected chi connectivity index (χ4v) is 3.07. The molecule has 6 heteroatoms. The van der Waals surface area contributed by atoms with Crippen LogP contribution in [0.25, 0.3) is 0 Å². The molecule has 0 saturated heterocycles. The Bertz CT molecular complexity index is 868. The summed E-state index contributed by atoms with van der Waals surface area (Å²) in [6.07, 6.45) is -0.919. The number of methoxy groups -OCH3 is 3. The zero-order chi connectivity index (χ0) is 22.5. The van der Waals surface area contributed by atoms with E-state index in [-0.39, 0.29) is 17.6 Å². The maximum atomic E-state index is 12.6. The van der Waals surface area contributed by atoms with Crippen molar-refractivity contribution in [3.8, 4) is 17.2 Å². The summed E-state index contributed by atoms with van der Waals surface area (Å²) in [4.78, 5) is 25.1. The maximum absolute atomic E-state index is 12.6. The highest BCUT2D eigenvalue weighted by Crippen LogP contribution is 2.38. The van der Waals surface area contributed by atoms with Gasteiger partial charge in [-0.05, 0) is 35.6 Å². The molecule has 0 fully saturated rings. The number of rotatable bonds is 8. The van der Waals surface area contributed by atoms with Gasteiger partial charge in [0.15, 0.2) is 17.6 Å². The van der Waals surface area contributed by atoms with Gasteiger partial charge in [0.25, 0.3) is 0 Å². The monoisotopic (exact) mass is 414 g/mol. The highest BCUT2D eigenvalue weighted by atomic mass is 16.5. The van der Waals surface area contributed by atoms with Crippen molar-refractivity contribution in [2.75, 3.05) is 21.3 Å². The van der Waals surface area contributed by atoms with Crippen LogP contribution in [0, 0.1) is 0 Å². The Hall–Kier alpha value is -3.02. The van der Waals surface area contributed by atoms with Gasteiger partial charge in [-0.1, -0.05) is 45.0 Å². The number of Topliss-reactive ketones (excluding diaryl/α,β-unsaturated/α-hetero) is 1. The Balaban J connectivity index is 2.08. The van der Waals surface area contributed by atoms with Crippen LogP contribution < -0.4 is 14.2 Å². The van der Waals surface area contributed by atoms with Crippen molar-refractivity contribution in [1.29, 1.82) is 0 Å². The smallest absolute Gasteiger partial charge is 0.310 e. The molecular formula is C24H30O6. The van der Waals surface area contributed by atoms with Crippen LogP contribution in [0.15, 0.2) is 36.4 Å². The predicted molar refractivity (Wildman–Crippen MR) is 115 cm³/mol. The number of hydrogen-bond acceptors (Lipinski definition) is 6. The van der Waals surface area contributed by atoms with Gasteiger partial charge < -0.3 is 18.9 Å². The molecule has 2 aromatic rings. The van der Waals surface area contributed by atoms with Gasteiger partial charge in [0.05, 0.1) is 27.8 Å². The summed E-state index contributed by atoms with van der Waals surface area (Å²) in [6.45, 7) is 7.90. The van der Waals surface area contributed by atoms with E-state index in [1.54, 1.807) is 31.2 Å². The van der Waals surface area contributed by atoms with E-state index in [1.807, 2.05) is 12.1 Å². The molecule has 0 spiro atoms. The molecule has 0 bridgehead atoms. The van der Waals surface area contributed by atoms with Gasteiger partial charge in [0.1, 0.15) is 0 Å². The van der Waals surface area contributed by atoms with Gasteiger partial charge in [-0.25, -0.2) is 0 Å². The molecule has 0 amide bonds. The van der Waals surface area contributed by atoms with Crippen molar-refractivity contribution in [1.82, 2.24) is 0 Å². The van der Waals surface area contributed by atoms with E-state index in [0.29, 0.717) is 28.4 Å². The largest absolute Gasteiger partial charge is 0.493 e. The molecule has 0 heterocycles. The average Bonchev–Trinajstić information content (AvgIpc) is 2.71. The van der Waals surface area contributed by atoms with Crippen LogP contribution in [0.2, 0.25) is 0 Å². The Morgan fingerprint density at radius 1 is 0.900 bits per heavy atom. The molecule has 6 nitrogen and oxygen atoms in total. The predicted octanol–water partition coefficient (Wildman–Crippen LogP) is 4.37. The van der Waals surface area contributed by atoms with Crippen molar-refractivity contribution >= 4 is 11.8 Å². The van der Waals surface area contributed by atoms with Gasteiger partial charge in [0.2, 0.25) is 11.5 Å². The average molecular weight is 414 g/mol. The first-order valence-corrected chi connectivity index (χ1v) is 9.73. The number of esters is 1. The molecule has 1 atom stereocenters. The number of carbonyl (C=O) groups is 2. The number of carbonyl (C=O) groups excluding carboxylic acids is 2. The van der Waals surface area contributed by atoms with Crippen LogP contribution in [0.4, 0.5) is 0 Å². The lowest BCUT2D eigenvalue weighted by molar-refractivity contribution is -0.145. The molecule has 162 valence electrons. The quantitative estimate of drug-likeness (QED) is 0.472. The molecule has 0 unspecified atom stereocenters. The Morgan fingerprint density at radius 2 is 1.43 bits per heavy atom. The number of benzene rings is 2. The second kappa shape index (κ2) is 9.65. The van der Waals surface area contributed by atoms with Gasteiger partial charge in [-0.2, -0.15) is 0 Å². The fourth-order valence-electron chi connectivity index (χ4n) is 3.07. The number of ketones is 1. The second-order valence-corrected chi connectivity index (χ2v) is 8.03. The van der Waals surface area contributed by atoms with Crippen LogP contribution in [-0.2, 0) is 21.4 Å². The fraction of sp³-hybridized carbons (Fsp3) is 0.417. The van der Waals surface area contributed by atoms with Crippen LogP contribution in [0.1, 0.15) is 49.2 Å².